The summed E-state index contributed by atoms with van der Waals surface area (Å²) in [6, 6.07) is 20.6. The van der Waals surface area contributed by atoms with Gasteiger partial charge in [0.25, 0.3) is 5.91 Å². The van der Waals surface area contributed by atoms with Gasteiger partial charge in [0.1, 0.15) is 11.6 Å². The molecule has 4 aromatic rings. The Balaban J connectivity index is 1.07. The number of carbonyl (C=O) groups excluding carboxylic acids is 1. The number of benzene rings is 2. The zero-order valence-corrected chi connectivity index (χ0v) is 22.6. The predicted molar refractivity (Wildman–Crippen MR) is 156 cm³/mol. The van der Waals surface area contributed by atoms with Gasteiger partial charge in [-0.3, -0.25) is 9.69 Å². The molecule has 8 nitrogen and oxygen atoms in total. The van der Waals surface area contributed by atoms with Gasteiger partial charge in [0.2, 0.25) is 0 Å². The van der Waals surface area contributed by atoms with Gasteiger partial charge in [-0.05, 0) is 74.4 Å². The van der Waals surface area contributed by atoms with Crippen LogP contribution in [-0.2, 0) is 0 Å². The Kier molecular flexibility index (Phi) is 7.13. The van der Waals surface area contributed by atoms with Crippen LogP contribution < -0.4 is 10.2 Å². The Morgan fingerprint density at radius 3 is 2.15 bits per heavy atom. The molecule has 2 N–H and O–H groups in total. The van der Waals surface area contributed by atoms with Crippen molar-refractivity contribution in [1.82, 2.24) is 24.8 Å². The van der Waals surface area contributed by atoms with Crippen LogP contribution >= 0.6 is 0 Å². The normalized spacial score (nSPS) is 18.4. The van der Waals surface area contributed by atoms with Crippen molar-refractivity contribution in [3.63, 3.8) is 0 Å². The lowest BCUT2D eigenvalue weighted by Crippen LogP contribution is -2.44. The van der Waals surface area contributed by atoms with Gasteiger partial charge in [0.15, 0.2) is 0 Å². The lowest BCUT2D eigenvalue weighted by Gasteiger charge is -2.33. The van der Waals surface area contributed by atoms with Crippen molar-refractivity contribution in [2.24, 2.45) is 0 Å². The molecular weight excluding hydrogens is 486 g/mol. The Morgan fingerprint density at radius 2 is 1.51 bits per heavy atom. The SMILES string of the molecule is CN1CCN(c2ccc(C(=O)Nc3ccc(-c4ccc(-c5cnc([C@@H]6CCCN6C)[nH]5)cc4)cc3)cn2)CC1. The third-order valence-electron chi connectivity index (χ3n) is 7.94. The molecule has 0 spiro atoms. The molecule has 2 aliphatic heterocycles. The highest BCUT2D eigenvalue weighted by molar-refractivity contribution is 6.04. The highest BCUT2D eigenvalue weighted by Gasteiger charge is 2.25. The van der Waals surface area contributed by atoms with E-state index in [4.69, 9.17) is 0 Å². The first kappa shape index (κ1) is 25.3. The van der Waals surface area contributed by atoms with E-state index in [0.717, 1.165) is 78.9 Å². The minimum Gasteiger partial charge on any atom is -0.354 e. The first-order valence-corrected chi connectivity index (χ1v) is 13.7. The fourth-order valence-electron chi connectivity index (χ4n) is 5.44. The number of anilines is 2. The number of aromatic nitrogens is 3. The third kappa shape index (κ3) is 5.57. The topological polar surface area (TPSA) is 80.4 Å². The lowest BCUT2D eigenvalue weighted by atomic mass is 10.0. The number of nitrogens with one attached hydrogen (secondary N) is 2. The molecule has 1 atom stereocenters. The number of nitrogens with zero attached hydrogens (tertiary/aromatic N) is 5. The Bertz CT molecular complexity index is 1400. The maximum Gasteiger partial charge on any atom is 0.257 e. The Hall–Kier alpha value is -4.01. The van der Waals surface area contributed by atoms with Gasteiger partial charge in [-0.1, -0.05) is 36.4 Å². The first-order valence-electron chi connectivity index (χ1n) is 13.7. The van der Waals surface area contributed by atoms with E-state index in [1.807, 2.05) is 42.6 Å². The highest BCUT2D eigenvalue weighted by Crippen LogP contribution is 2.31. The molecule has 0 bridgehead atoms. The number of aromatic amines is 1. The summed E-state index contributed by atoms with van der Waals surface area (Å²) < 4.78 is 0. The second kappa shape index (κ2) is 11.0. The van der Waals surface area contributed by atoms with Gasteiger partial charge in [-0.15, -0.1) is 0 Å². The number of rotatable bonds is 6. The van der Waals surface area contributed by atoms with Crippen LogP contribution in [0.3, 0.4) is 0 Å². The number of pyridine rings is 1. The summed E-state index contributed by atoms with van der Waals surface area (Å²) >= 11 is 0. The van der Waals surface area contributed by atoms with Gasteiger partial charge in [-0.25, -0.2) is 9.97 Å². The molecule has 2 fully saturated rings. The van der Waals surface area contributed by atoms with E-state index in [0.29, 0.717) is 11.6 Å². The van der Waals surface area contributed by atoms with Crippen LogP contribution in [0.2, 0.25) is 0 Å². The monoisotopic (exact) mass is 521 g/mol. The molecule has 0 aliphatic carbocycles. The molecule has 0 saturated carbocycles. The molecule has 39 heavy (non-hydrogen) atoms. The van der Waals surface area contributed by atoms with Crippen molar-refractivity contribution in [3.8, 4) is 22.4 Å². The summed E-state index contributed by atoms with van der Waals surface area (Å²) in [5.74, 6) is 1.81. The maximum atomic E-state index is 12.8. The number of carbonyl (C=O) groups is 1. The van der Waals surface area contributed by atoms with Crippen molar-refractivity contribution in [2.45, 2.75) is 18.9 Å². The van der Waals surface area contributed by atoms with Crippen LogP contribution in [0.4, 0.5) is 11.5 Å². The summed E-state index contributed by atoms with van der Waals surface area (Å²) in [4.78, 5) is 32.4. The second-order valence-corrected chi connectivity index (χ2v) is 10.6. The minimum atomic E-state index is -0.160. The van der Waals surface area contributed by atoms with Gasteiger partial charge < -0.3 is 20.1 Å². The van der Waals surface area contributed by atoms with E-state index in [-0.39, 0.29) is 5.91 Å². The number of likely N-dealkylation sites (N-methyl/N-ethyl adjacent to an activating group) is 1. The largest absolute Gasteiger partial charge is 0.354 e. The van der Waals surface area contributed by atoms with Crippen LogP contribution in [0.15, 0.2) is 73.1 Å². The van der Waals surface area contributed by atoms with Crippen LogP contribution in [0, 0.1) is 0 Å². The average Bonchev–Trinajstić information content (AvgIpc) is 3.63. The van der Waals surface area contributed by atoms with Crippen molar-refractivity contribution in [1.29, 1.82) is 0 Å². The highest BCUT2D eigenvalue weighted by atomic mass is 16.1. The van der Waals surface area contributed by atoms with Crippen molar-refractivity contribution in [3.05, 3.63) is 84.4 Å². The smallest absolute Gasteiger partial charge is 0.257 e. The van der Waals surface area contributed by atoms with Crippen molar-refractivity contribution >= 4 is 17.4 Å². The van der Waals surface area contributed by atoms with Gasteiger partial charge >= 0.3 is 0 Å². The van der Waals surface area contributed by atoms with Crippen LogP contribution in [0.1, 0.15) is 35.1 Å². The van der Waals surface area contributed by atoms with E-state index >= 15 is 0 Å². The molecule has 2 aromatic carbocycles. The number of hydrogen-bond acceptors (Lipinski definition) is 6. The van der Waals surface area contributed by atoms with E-state index in [2.05, 4.69) is 73.3 Å². The Morgan fingerprint density at radius 1 is 0.821 bits per heavy atom. The molecule has 0 radical (unpaired) electrons. The summed E-state index contributed by atoms with van der Waals surface area (Å²) in [6.07, 6.45) is 5.96. The molecule has 6 rings (SSSR count). The van der Waals surface area contributed by atoms with Gasteiger partial charge in [0, 0.05) is 38.1 Å². The first-order chi connectivity index (χ1) is 19.0. The average molecular weight is 522 g/mol. The van der Waals surface area contributed by atoms with Crippen molar-refractivity contribution < 1.29 is 4.79 Å². The van der Waals surface area contributed by atoms with E-state index in [1.54, 1.807) is 6.20 Å². The number of H-pyrrole nitrogens is 1. The Labute approximate surface area is 229 Å². The number of amides is 1. The lowest BCUT2D eigenvalue weighted by molar-refractivity contribution is 0.102. The second-order valence-electron chi connectivity index (χ2n) is 10.6. The standard InChI is InChI=1S/C31H35N7O/c1-36-16-18-38(19-17-36)29-14-11-25(20-32-29)31(39)34-26-12-9-23(10-13-26)22-5-7-24(8-6-22)27-21-33-30(35-27)28-4-3-15-37(28)2/h5-14,20-21,28H,3-4,15-19H2,1-2H3,(H,33,35)(H,34,39)/t28-/m0/s1. The summed E-state index contributed by atoms with van der Waals surface area (Å²) in [7, 11) is 4.29. The number of hydrogen-bond donors (Lipinski definition) is 2. The van der Waals surface area contributed by atoms with Gasteiger partial charge in [-0.2, -0.15) is 0 Å². The summed E-state index contributed by atoms with van der Waals surface area (Å²) in [5.41, 5.74) is 5.68. The zero-order chi connectivity index (χ0) is 26.8. The van der Waals surface area contributed by atoms with E-state index < -0.39 is 0 Å². The quantitative estimate of drug-likeness (QED) is 0.375. The molecule has 4 heterocycles. The molecule has 1 amide bonds. The summed E-state index contributed by atoms with van der Waals surface area (Å²) in [6.45, 7) is 5.07. The van der Waals surface area contributed by atoms with Crippen molar-refractivity contribution in [2.75, 3.05) is 57.0 Å². The zero-order valence-electron chi connectivity index (χ0n) is 22.6. The number of likely N-dealkylation sites (tertiary alicyclic amines) is 1. The fraction of sp³-hybridized carbons (Fsp3) is 0.323. The van der Waals surface area contributed by atoms with Crippen LogP contribution in [0.25, 0.3) is 22.4 Å². The number of piperazine rings is 1. The van der Waals surface area contributed by atoms with Gasteiger partial charge in [0.05, 0.1) is 23.5 Å². The maximum absolute atomic E-state index is 12.8. The number of imidazole rings is 1. The predicted octanol–water partition coefficient (Wildman–Crippen LogP) is 4.91. The molecular formula is C31H35N7O. The van der Waals surface area contributed by atoms with Crippen LogP contribution in [0.5, 0.6) is 0 Å². The third-order valence-corrected chi connectivity index (χ3v) is 7.94. The molecule has 200 valence electrons. The fourth-order valence-corrected chi connectivity index (χ4v) is 5.44. The molecule has 2 saturated heterocycles. The molecule has 2 aromatic heterocycles. The van der Waals surface area contributed by atoms with E-state index in [9.17, 15) is 4.79 Å². The minimum absolute atomic E-state index is 0.160. The summed E-state index contributed by atoms with van der Waals surface area (Å²) in [5, 5.41) is 2.99. The van der Waals surface area contributed by atoms with Crippen LogP contribution in [-0.4, -0.2) is 77.5 Å². The molecule has 0 unspecified atom stereocenters. The molecule has 8 heteroatoms. The molecule has 2 aliphatic rings. The van der Waals surface area contributed by atoms with E-state index in [1.165, 1.54) is 6.42 Å².